The van der Waals surface area contributed by atoms with Crippen LogP contribution >= 0.6 is 0 Å². The van der Waals surface area contributed by atoms with Gasteiger partial charge in [-0.3, -0.25) is 19.4 Å². The Bertz CT molecular complexity index is 1220. The first-order chi connectivity index (χ1) is 20.6. The second-order valence-electron chi connectivity index (χ2n) is 13.1. The van der Waals surface area contributed by atoms with Gasteiger partial charge in [0.15, 0.2) is 0 Å². The lowest BCUT2D eigenvalue weighted by Crippen LogP contribution is -2.46. The van der Waals surface area contributed by atoms with Crippen LogP contribution in [0.3, 0.4) is 0 Å². The van der Waals surface area contributed by atoms with Crippen molar-refractivity contribution >= 4 is 17.8 Å². The minimum absolute atomic E-state index is 0.0162. The Morgan fingerprint density at radius 2 is 1.79 bits per heavy atom. The van der Waals surface area contributed by atoms with E-state index in [-0.39, 0.29) is 29.9 Å². The van der Waals surface area contributed by atoms with Gasteiger partial charge in [0.05, 0.1) is 18.4 Å². The summed E-state index contributed by atoms with van der Waals surface area (Å²) in [4.78, 5) is 45.8. The molecule has 2 aliphatic heterocycles. The first-order valence-corrected chi connectivity index (χ1v) is 15.8. The molecule has 2 fully saturated rings. The van der Waals surface area contributed by atoms with Crippen molar-refractivity contribution in [2.45, 2.75) is 90.2 Å². The molecule has 0 spiro atoms. The van der Waals surface area contributed by atoms with E-state index in [9.17, 15) is 19.5 Å². The molecule has 0 bridgehead atoms. The van der Waals surface area contributed by atoms with Gasteiger partial charge in [-0.25, -0.2) is 0 Å². The highest BCUT2D eigenvalue weighted by Crippen LogP contribution is 2.25. The SMILES string of the molecule is CC(C)(C)OC(=O)CC(NC(=O)[C@@H]1CCCN(C(=O)CCC2CCNCC2)C1)c1cncc(CCc2ccc(O)cc2)c1. The van der Waals surface area contributed by atoms with Gasteiger partial charge < -0.3 is 25.4 Å². The van der Waals surface area contributed by atoms with Crippen LogP contribution in [0.4, 0.5) is 0 Å². The second kappa shape index (κ2) is 15.3. The molecule has 2 amide bonds. The highest BCUT2D eigenvalue weighted by Gasteiger charge is 2.31. The molecule has 1 unspecified atom stereocenters. The van der Waals surface area contributed by atoms with E-state index in [2.05, 4.69) is 15.6 Å². The van der Waals surface area contributed by atoms with Gasteiger partial charge in [0.25, 0.3) is 0 Å². The predicted octanol–water partition coefficient (Wildman–Crippen LogP) is 4.48. The molecule has 0 aliphatic carbocycles. The fraction of sp³-hybridized carbons (Fsp3) is 0.588. The molecular formula is C34H48N4O5. The summed E-state index contributed by atoms with van der Waals surface area (Å²) in [6.07, 6.45) is 10.1. The molecule has 0 radical (unpaired) electrons. The number of hydrogen-bond donors (Lipinski definition) is 3. The second-order valence-corrected chi connectivity index (χ2v) is 13.1. The Morgan fingerprint density at radius 3 is 2.51 bits per heavy atom. The maximum atomic E-state index is 13.6. The number of carbonyl (C=O) groups is 3. The van der Waals surface area contributed by atoms with E-state index in [1.54, 1.807) is 24.5 Å². The number of carbonyl (C=O) groups excluding carboxylic acids is 3. The average molecular weight is 593 g/mol. The number of esters is 1. The number of piperidine rings is 2. The van der Waals surface area contributed by atoms with Gasteiger partial charge in [0.2, 0.25) is 11.8 Å². The van der Waals surface area contributed by atoms with E-state index in [0.717, 1.165) is 68.3 Å². The maximum absolute atomic E-state index is 13.6. The van der Waals surface area contributed by atoms with E-state index >= 15 is 0 Å². The lowest BCUT2D eigenvalue weighted by Gasteiger charge is -2.33. The van der Waals surface area contributed by atoms with Crippen molar-refractivity contribution in [2.24, 2.45) is 11.8 Å². The molecule has 2 aliphatic rings. The molecule has 234 valence electrons. The minimum Gasteiger partial charge on any atom is -0.508 e. The summed E-state index contributed by atoms with van der Waals surface area (Å²) in [6, 6.07) is 8.51. The molecule has 2 saturated heterocycles. The Labute approximate surface area is 255 Å². The van der Waals surface area contributed by atoms with Crippen molar-refractivity contribution in [1.82, 2.24) is 20.5 Å². The summed E-state index contributed by atoms with van der Waals surface area (Å²) in [5.74, 6) is 0.0729. The first-order valence-electron chi connectivity index (χ1n) is 15.8. The zero-order valence-electron chi connectivity index (χ0n) is 25.9. The molecule has 9 heteroatoms. The molecule has 3 heterocycles. The Hall–Kier alpha value is -3.46. The van der Waals surface area contributed by atoms with Gasteiger partial charge in [-0.2, -0.15) is 0 Å². The van der Waals surface area contributed by atoms with Gasteiger partial charge in [-0.15, -0.1) is 0 Å². The van der Waals surface area contributed by atoms with Crippen molar-refractivity contribution in [1.29, 1.82) is 0 Å². The van der Waals surface area contributed by atoms with Crippen LogP contribution in [0.2, 0.25) is 0 Å². The van der Waals surface area contributed by atoms with Crippen LogP contribution in [-0.4, -0.2) is 64.6 Å². The monoisotopic (exact) mass is 592 g/mol. The van der Waals surface area contributed by atoms with E-state index in [1.165, 1.54) is 0 Å². The number of rotatable bonds is 11. The topological polar surface area (TPSA) is 121 Å². The number of pyridine rings is 1. The first kappa shape index (κ1) is 32.5. The van der Waals surface area contributed by atoms with E-state index < -0.39 is 17.6 Å². The third-order valence-corrected chi connectivity index (χ3v) is 8.33. The number of nitrogens with zero attached hydrogens (tertiary/aromatic N) is 2. The third-order valence-electron chi connectivity index (χ3n) is 8.33. The fourth-order valence-electron chi connectivity index (χ4n) is 5.95. The largest absolute Gasteiger partial charge is 0.508 e. The third kappa shape index (κ3) is 10.6. The van der Waals surface area contributed by atoms with E-state index in [4.69, 9.17) is 4.74 Å². The number of aromatic nitrogens is 1. The Kier molecular flexibility index (Phi) is 11.6. The van der Waals surface area contributed by atoms with Gasteiger partial charge >= 0.3 is 5.97 Å². The molecule has 9 nitrogen and oxygen atoms in total. The molecule has 3 N–H and O–H groups in total. The van der Waals surface area contributed by atoms with Crippen LogP contribution < -0.4 is 10.6 Å². The average Bonchev–Trinajstić information content (AvgIpc) is 2.99. The Balaban J connectivity index is 1.40. The zero-order valence-corrected chi connectivity index (χ0v) is 25.9. The van der Waals surface area contributed by atoms with Crippen LogP contribution in [0.15, 0.2) is 42.7 Å². The standard InChI is InChI=1S/C34H48N4O5/c1-34(2,3)43-32(41)20-30(28-19-26(21-36-22-28)7-6-24-8-11-29(39)12-9-24)37-33(42)27-5-4-18-38(23-27)31(40)13-10-25-14-16-35-17-15-25/h8-9,11-12,19,21-22,25,27,30,35,39H,4-7,10,13-18,20,23H2,1-3H3,(H,37,42)/t27-,30?/m1/s1. The smallest absolute Gasteiger partial charge is 0.308 e. The number of hydrogen-bond acceptors (Lipinski definition) is 7. The van der Waals surface area contributed by atoms with Gasteiger partial charge in [-0.05, 0) is 114 Å². The molecule has 4 rings (SSSR count). The number of aromatic hydroxyl groups is 1. The quantitative estimate of drug-likeness (QED) is 0.329. The number of phenolic OH excluding ortho intramolecular Hbond substituents is 1. The highest BCUT2D eigenvalue weighted by atomic mass is 16.6. The van der Waals surface area contributed by atoms with E-state index in [0.29, 0.717) is 31.8 Å². The normalized spacial score (nSPS) is 18.6. The van der Waals surface area contributed by atoms with Crippen molar-refractivity contribution in [3.63, 3.8) is 0 Å². The predicted molar refractivity (Wildman–Crippen MR) is 165 cm³/mol. The van der Waals surface area contributed by atoms with Crippen LogP contribution in [0, 0.1) is 11.8 Å². The summed E-state index contributed by atoms with van der Waals surface area (Å²) in [6.45, 7) is 8.59. The number of amides is 2. The minimum atomic E-state index is -0.645. The number of benzene rings is 1. The van der Waals surface area contributed by atoms with Crippen molar-refractivity contribution < 1.29 is 24.2 Å². The van der Waals surface area contributed by atoms with Crippen molar-refractivity contribution in [3.05, 3.63) is 59.4 Å². The van der Waals surface area contributed by atoms with Crippen LogP contribution in [0.5, 0.6) is 5.75 Å². The van der Waals surface area contributed by atoms with Crippen molar-refractivity contribution in [2.75, 3.05) is 26.2 Å². The van der Waals surface area contributed by atoms with Crippen LogP contribution in [-0.2, 0) is 32.0 Å². The van der Waals surface area contributed by atoms with Gasteiger partial charge in [-0.1, -0.05) is 18.2 Å². The summed E-state index contributed by atoms with van der Waals surface area (Å²) in [5, 5.41) is 16.0. The molecule has 2 atom stereocenters. The number of aryl methyl sites for hydroxylation is 2. The number of phenols is 1. The van der Waals surface area contributed by atoms with Crippen LogP contribution in [0.1, 0.15) is 88.4 Å². The summed E-state index contributed by atoms with van der Waals surface area (Å²) >= 11 is 0. The summed E-state index contributed by atoms with van der Waals surface area (Å²) in [5.41, 5.74) is 2.17. The molecule has 2 aromatic rings. The number of nitrogens with one attached hydrogen (secondary N) is 2. The van der Waals surface area contributed by atoms with Crippen LogP contribution in [0.25, 0.3) is 0 Å². The summed E-state index contributed by atoms with van der Waals surface area (Å²) < 4.78 is 5.60. The summed E-state index contributed by atoms with van der Waals surface area (Å²) in [7, 11) is 0. The molecule has 1 aromatic carbocycles. The molecule has 1 aromatic heterocycles. The van der Waals surface area contributed by atoms with Gasteiger partial charge in [0, 0.05) is 31.9 Å². The van der Waals surface area contributed by atoms with Crippen molar-refractivity contribution in [3.8, 4) is 5.75 Å². The number of ether oxygens (including phenoxy) is 1. The Morgan fingerprint density at radius 1 is 1.07 bits per heavy atom. The molecule has 0 saturated carbocycles. The zero-order chi connectivity index (χ0) is 30.8. The number of likely N-dealkylation sites (tertiary alicyclic amines) is 1. The van der Waals surface area contributed by atoms with E-state index in [1.807, 2.05) is 43.9 Å². The lowest BCUT2D eigenvalue weighted by molar-refractivity contribution is -0.155. The molecule has 43 heavy (non-hydrogen) atoms. The highest BCUT2D eigenvalue weighted by molar-refractivity contribution is 5.82. The maximum Gasteiger partial charge on any atom is 0.308 e. The fourth-order valence-corrected chi connectivity index (χ4v) is 5.95. The molecular weight excluding hydrogens is 544 g/mol. The van der Waals surface area contributed by atoms with Gasteiger partial charge in [0.1, 0.15) is 11.4 Å². The lowest BCUT2D eigenvalue weighted by atomic mass is 9.92.